The molecule has 0 aliphatic carbocycles. The van der Waals surface area contributed by atoms with Crippen LogP contribution in [-0.2, 0) is 27.4 Å². The molecule has 6 nitrogen and oxygen atoms in total. The summed E-state index contributed by atoms with van der Waals surface area (Å²) in [5, 5.41) is 1.98. The van der Waals surface area contributed by atoms with Gasteiger partial charge in [0, 0.05) is 13.1 Å². The predicted molar refractivity (Wildman–Crippen MR) is 115 cm³/mol. The van der Waals surface area contributed by atoms with E-state index in [1.807, 2.05) is 12.1 Å². The first-order chi connectivity index (χ1) is 15.0. The van der Waals surface area contributed by atoms with Crippen LogP contribution in [0.15, 0.2) is 60.0 Å². The molecule has 0 unspecified atom stereocenters. The van der Waals surface area contributed by atoms with Crippen LogP contribution in [0.2, 0.25) is 5.02 Å². The summed E-state index contributed by atoms with van der Waals surface area (Å²) in [6.07, 6.45) is -3.15. The van der Waals surface area contributed by atoms with Gasteiger partial charge in [-0.3, -0.25) is 4.79 Å². The zero-order valence-corrected chi connectivity index (χ0v) is 18.7. The molecule has 0 aliphatic heterocycles. The van der Waals surface area contributed by atoms with E-state index in [9.17, 15) is 26.4 Å². The molecule has 0 bridgehead atoms. The molecule has 0 radical (unpaired) electrons. The number of amides is 1. The smallest absolute Gasteiger partial charge is 0.417 e. The Labute approximate surface area is 189 Å². The highest BCUT2D eigenvalue weighted by molar-refractivity contribution is 7.89. The molecule has 1 amide bonds. The molecule has 174 valence electrons. The second-order valence-corrected chi connectivity index (χ2v) is 8.98. The maximum Gasteiger partial charge on any atom is 0.417 e. The Morgan fingerprint density at radius 2 is 1.94 bits per heavy atom. The minimum Gasteiger partial charge on any atom is -0.496 e. The number of benzene rings is 2. The Balaban J connectivity index is 2.13. The van der Waals surface area contributed by atoms with E-state index in [0.29, 0.717) is 18.2 Å². The van der Waals surface area contributed by atoms with Gasteiger partial charge in [-0.15, -0.1) is 6.58 Å². The molecule has 2 aromatic carbocycles. The number of nitrogens with one attached hydrogen (secondary N) is 1. The zero-order valence-electron chi connectivity index (χ0n) is 17.2. The molecule has 2 aromatic rings. The number of para-hydroxylation sites is 1. The molecule has 32 heavy (non-hydrogen) atoms. The van der Waals surface area contributed by atoms with Crippen molar-refractivity contribution in [1.82, 2.24) is 9.62 Å². The number of hydrogen-bond acceptors (Lipinski definition) is 4. The van der Waals surface area contributed by atoms with Crippen LogP contribution in [0, 0.1) is 0 Å². The second kappa shape index (κ2) is 10.8. The molecule has 11 heteroatoms. The van der Waals surface area contributed by atoms with E-state index in [2.05, 4.69) is 11.9 Å². The first-order valence-electron chi connectivity index (χ1n) is 9.37. The number of rotatable bonds is 10. The van der Waals surface area contributed by atoms with E-state index in [-0.39, 0.29) is 13.1 Å². The standard InChI is InChI=1S/C21H22ClF3N2O4S/c1-3-12-27(14-20(28)26-11-10-15-6-4-5-7-19(15)31-2)32(29,30)16-8-9-18(22)17(13-16)21(23,24)25/h3-9,13H,1,10-12,14H2,2H3,(H,26,28). The molecular formula is C21H22ClF3N2O4S. The average molecular weight is 491 g/mol. The summed E-state index contributed by atoms with van der Waals surface area (Å²) in [6, 6.07) is 9.50. The number of hydrogen-bond donors (Lipinski definition) is 1. The SMILES string of the molecule is C=CCN(CC(=O)NCCc1ccccc1OC)S(=O)(=O)c1ccc(Cl)c(C(F)(F)F)c1. The third-order valence-electron chi connectivity index (χ3n) is 4.44. The summed E-state index contributed by atoms with van der Waals surface area (Å²) < 4.78 is 71.2. The fourth-order valence-corrected chi connectivity index (χ4v) is 4.50. The predicted octanol–water partition coefficient (Wildman–Crippen LogP) is 3.90. The van der Waals surface area contributed by atoms with E-state index >= 15 is 0 Å². The second-order valence-electron chi connectivity index (χ2n) is 6.64. The average Bonchev–Trinajstić information content (AvgIpc) is 2.73. The van der Waals surface area contributed by atoms with Crippen LogP contribution in [0.1, 0.15) is 11.1 Å². The molecule has 0 aliphatic rings. The van der Waals surface area contributed by atoms with E-state index in [0.717, 1.165) is 22.0 Å². The maximum atomic E-state index is 13.1. The lowest BCUT2D eigenvalue weighted by Gasteiger charge is -2.21. The van der Waals surface area contributed by atoms with Crippen LogP contribution in [0.3, 0.4) is 0 Å². The number of alkyl halides is 3. The molecular weight excluding hydrogens is 469 g/mol. The number of ether oxygens (including phenoxy) is 1. The lowest BCUT2D eigenvalue weighted by molar-refractivity contribution is -0.137. The lowest BCUT2D eigenvalue weighted by Crippen LogP contribution is -2.41. The van der Waals surface area contributed by atoms with Crippen molar-refractivity contribution in [3.63, 3.8) is 0 Å². The molecule has 0 aromatic heterocycles. The fraction of sp³-hybridized carbons (Fsp3) is 0.286. The summed E-state index contributed by atoms with van der Waals surface area (Å²) in [4.78, 5) is 11.7. The van der Waals surface area contributed by atoms with Gasteiger partial charge in [-0.1, -0.05) is 35.9 Å². The molecule has 0 saturated heterocycles. The van der Waals surface area contributed by atoms with Gasteiger partial charge in [-0.2, -0.15) is 17.5 Å². The Morgan fingerprint density at radius 3 is 2.56 bits per heavy atom. The van der Waals surface area contributed by atoms with Gasteiger partial charge in [-0.25, -0.2) is 8.42 Å². The number of carbonyl (C=O) groups excluding carboxylic acids is 1. The van der Waals surface area contributed by atoms with Crippen molar-refractivity contribution in [2.75, 3.05) is 26.7 Å². The van der Waals surface area contributed by atoms with Gasteiger partial charge < -0.3 is 10.1 Å². The van der Waals surface area contributed by atoms with Crippen molar-refractivity contribution < 1.29 is 31.1 Å². The number of methoxy groups -OCH3 is 1. The fourth-order valence-electron chi connectivity index (χ4n) is 2.88. The van der Waals surface area contributed by atoms with E-state index in [1.54, 1.807) is 12.1 Å². The molecule has 0 heterocycles. The van der Waals surface area contributed by atoms with Crippen molar-refractivity contribution in [2.45, 2.75) is 17.5 Å². The molecule has 0 fully saturated rings. The van der Waals surface area contributed by atoms with Gasteiger partial charge in [0.15, 0.2) is 0 Å². The number of nitrogens with zero attached hydrogens (tertiary/aromatic N) is 1. The Kier molecular flexibility index (Phi) is 8.71. The summed E-state index contributed by atoms with van der Waals surface area (Å²) in [5.41, 5.74) is -0.424. The summed E-state index contributed by atoms with van der Waals surface area (Å²) in [5.74, 6) is 0.0381. The minimum absolute atomic E-state index is 0.209. The van der Waals surface area contributed by atoms with Gasteiger partial charge in [0.2, 0.25) is 15.9 Å². The van der Waals surface area contributed by atoms with Gasteiger partial charge in [0.1, 0.15) is 5.75 Å². The van der Waals surface area contributed by atoms with E-state index < -0.39 is 44.1 Å². The van der Waals surface area contributed by atoms with Gasteiger partial charge in [0.25, 0.3) is 0 Å². The topological polar surface area (TPSA) is 75.7 Å². The van der Waals surface area contributed by atoms with Crippen molar-refractivity contribution >= 4 is 27.5 Å². The molecule has 0 spiro atoms. The van der Waals surface area contributed by atoms with Crippen LogP contribution in [0.25, 0.3) is 0 Å². The summed E-state index contributed by atoms with van der Waals surface area (Å²) >= 11 is 5.57. The van der Waals surface area contributed by atoms with Crippen LogP contribution >= 0.6 is 11.6 Å². The first kappa shape index (κ1) is 25.7. The highest BCUT2D eigenvalue weighted by atomic mass is 35.5. The van der Waals surface area contributed by atoms with Crippen molar-refractivity contribution in [2.24, 2.45) is 0 Å². The van der Waals surface area contributed by atoms with Crippen molar-refractivity contribution in [1.29, 1.82) is 0 Å². The first-order valence-corrected chi connectivity index (χ1v) is 11.2. The maximum absolute atomic E-state index is 13.1. The van der Waals surface area contributed by atoms with E-state index in [1.165, 1.54) is 13.2 Å². The van der Waals surface area contributed by atoms with Gasteiger partial charge in [0.05, 0.1) is 29.1 Å². The zero-order chi connectivity index (χ0) is 23.9. The minimum atomic E-state index is -4.83. The molecule has 1 N–H and O–H groups in total. The largest absolute Gasteiger partial charge is 0.496 e. The Morgan fingerprint density at radius 1 is 1.25 bits per heavy atom. The van der Waals surface area contributed by atoms with E-state index in [4.69, 9.17) is 16.3 Å². The quantitative estimate of drug-likeness (QED) is 0.512. The van der Waals surface area contributed by atoms with Crippen molar-refractivity contribution in [3.8, 4) is 5.75 Å². The third kappa shape index (κ3) is 6.47. The number of carbonyl (C=O) groups is 1. The highest BCUT2D eigenvalue weighted by Gasteiger charge is 2.35. The third-order valence-corrected chi connectivity index (χ3v) is 6.58. The van der Waals surface area contributed by atoms with Gasteiger partial charge in [-0.05, 0) is 36.2 Å². The molecule has 2 rings (SSSR count). The lowest BCUT2D eigenvalue weighted by atomic mass is 10.1. The number of halogens is 4. The highest BCUT2D eigenvalue weighted by Crippen LogP contribution is 2.36. The molecule has 0 atom stereocenters. The van der Waals surface area contributed by atoms with Crippen LogP contribution < -0.4 is 10.1 Å². The molecule has 0 saturated carbocycles. The summed E-state index contributed by atoms with van der Waals surface area (Å²) in [7, 11) is -2.90. The van der Waals surface area contributed by atoms with Crippen molar-refractivity contribution in [3.05, 3.63) is 71.3 Å². The van der Waals surface area contributed by atoms with Gasteiger partial charge >= 0.3 is 6.18 Å². The Hall–Kier alpha value is -2.56. The summed E-state index contributed by atoms with van der Waals surface area (Å²) in [6.45, 7) is 2.80. The number of sulfonamides is 1. The Bertz CT molecular complexity index is 1070. The van der Waals surface area contributed by atoms with Crippen LogP contribution in [0.5, 0.6) is 5.75 Å². The normalized spacial score (nSPS) is 11.9. The monoisotopic (exact) mass is 490 g/mol. The van der Waals surface area contributed by atoms with Crippen LogP contribution in [-0.4, -0.2) is 45.4 Å². The van der Waals surface area contributed by atoms with Crippen LogP contribution in [0.4, 0.5) is 13.2 Å².